The number of aromatic nitrogens is 1. The van der Waals surface area contributed by atoms with Gasteiger partial charge in [0.25, 0.3) is 0 Å². The van der Waals surface area contributed by atoms with Crippen LogP contribution >= 0.6 is 0 Å². The van der Waals surface area contributed by atoms with Crippen LogP contribution in [0.5, 0.6) is 0 Å². The van der Waals surface area contributed by atoms with E-state index in [1.165, 1.54) is 0 Å². The average Bonchev–Trinajstić information content (AvgIpc) is 2.39. The molecule has 0 fully saturated rings. The molecule has 2 heteroatoms. The van der Waals surface area contributed by atoms with Gasteiger partial charge in [0.2, 0.25) is 0 Å². The Labute approximate surface area is 101 Å². The lowest BCUT2D eigenvalue weighted by Gasteiger charge is -2.16. The molecule has 1 atom stereocenters. The Kier molecular flexibility index (Phi) is 3.22. The van der Waals surface area contributed by atoms with E-state index in [-0.39, 0.29) is 0 Å². The molecule has 0 saturated heterocycles. The number of hydrogen-bond acceptors (Lipinski definition) is 2. The molecule has 1 aromatic carbocycles. The van der Waals surface area contributed by atoms with E-state index in [1.807, 2.05) is 30.3 Å². The highest BCUT2D eigenvalue weighted by Gasteiger charge is 2.19. The van der Waals surface area contributed by atoms with Crippen molar-refractivity contribution in [2.24, 2.45) is 0 Å². The summed E-state index contributed by atoms with van der Waals surface area (Å²) in [6.45, 7) is 1.68. The summed E-state index contributed by atoms with van der Waals surface area (Å²) in [7, 11) is 0. The first-order valence-electron chi connectivity index (χ1n) is 5.39. The monoisotopic (exact) mass is 223 g/mol. The number of hydrogen-bond donors (Lipinski definition) is 1. The molecule has 2 nitrogen and oxygen atoms in total. The maximum absolute atomic E-state index is 10.2. The van der Waals surface area contributed by atoms with Crippen LogP contribution in [0.4, 0.5) is 0 Å². The van der Waals surface area contributed by atoms with Crippen LogP contribution in [0.1, 0.15) is 18.1 Å². The molecule has 0 spiro atoms. The van der Waals surface area contributed by atoms with Crippen LogP contribution in [0, 0.1) is 11.8 Å². The summed E-state index contributed by atoms with van der Waals surface area (Å²) in [5.74, 6) is 5.83. The van der Waals surface area contributed by atoms with Gasteiger partial charge in [0, 0.05) is 18.0 Å². The Morgan fingerprint density at radius 2 is 1.71 bits per heavy atom. The molecule has 2 aromatic rings. The van der Waals surface area contributed by atoms with Crippen LogP contribution in [0.3, 0.4) is 0 Å². The third-order valence-electron chi connectivity index (χ3n) is 2.47. The fraction of sp³-hybridized carbons (Fsp3) is 0.133. The molecule has 1 unspecified atom stereocenters. The number of rotatable bonds is 1. The van der Waals surface area contributed by atoms with E-state index in [0.29, 0.717) is 0 Å². The van der Waals surface area contributed by atoms with Gasteiger partial charge in [-0.1, -0.05) is 30.0 Å². The third kappa shape index (κ3) is 2.93. The first kappa shape index (κ1) is 11.4. The summed E-state index contributed by atoms with van der Waals surface area (Å²) < 4.78 is 0. The molecule has 84 valence electrons. The van der Waals surface area contributed by atoms with Gasteiger partial charge in [-0.2, -0.15) is 0 Å². The average molecular weight is 223 g/mol. The Balaban J connectivity index is 2.27. The molecule has 2 rings (SSSR count). The van der Waals surface area contributed by atoms with Crippen molar-refractivity contribution < 1.29 is 5.11 Å². The smallest absolute Gasteiger partial charge is 0.148 e. The van der Waals surface area contributed by atoms with Crippen LogP contribution in [0.15, 0.2) is 54.9 Å². The zero-order chi connectivity index (χ0) is 12.1. The van der Waals surface area contributed by atoms with Crippen molar-refractivity contribution in [3.8, 4) is 11.8 Å². The fourth-order valence-electron chi connectivity index (χ4n) is 1.46. The van der Waals surface area contributed by atoms with Gasteiger partial charge in [-0.15, -0.1) is 0 Å². The highest BCUT2D eigenvalue weighted by molar-refractivity contribution is 5.38. The zero-order valence-corrected chi connectivity index (χ0v) is 9.59. The summed E-state index contributed by atoms with van der Waals surface area (Å²) in [6.07, 6.45) is 3.29. The van der Waals surface area contributed by atoms with Gasteiger partial charge in [-0.3, -0.25) is 4.98 Å². The molecule has 0 bridgehead atoms. The number of benzene rings is 1. The molecular formula is C15H13NO. The minimum absolute atomic E-state index is 0.746. The van der Waals surface area contributed by atoms with E-state index >= 15 is 0 Å². The lowest BCUT2D eigenvalue weighted by atomic mass is 9.97. The van der Waals surface area contributed by atoms with Crippen LogP contribution in [0.25, 0.3) is 0 Å². The van der Waals surface area contributed by atoms with Crippen molar-refractivity contribution in [1.82, 2.24) is 4.98 Å². The Hall–Kier alpha value is -2.11. The molecule has 1 aromatic heterocycles. The normalized spacial score (nSPS) is 13.3. The number of pyridine rings is 1. The second-order valence-corrected chi connectivity index (χ2v) is 3.92. The van der Waals surface area contributed by atoms with Crippen molar-refractivity contribution in [1.29, 1.82) is 0 Å². The second-order valence-electron chi connectivity index (χ2n) is 3.92. The molecule has 1 N–H and O–H groups in total. The molecule has 0 aliphatic carbocycles. The first-order chi connectivity index (χ1) is 8.18. The van der Waals surface area contributed by atoms with Crippen LogP contribution in [-0.4, -0.2) is 10.1 Å². The summed E-state index contributed by atoms with van der Waals surface area (Å²) in [4.78, 5) is 3.92. The number of aliphatic hydroxyl groups is 1. The van der Waals surface area contributed by atoms with E-state index < -0.39 is 5.60 Å². The molecule has 17 heavy (non-hydrogen) atoms. The van der Waals surface area contributed by atoms with Crippen LogP contribution < -0.4 is 0 Å². The Morgan fingerprint density at radius 3 is 2.35 bits per heavy atom. The van der Waals surface area contributed by atoms with E-state index in [4.69, 9.17) is 0 Å². The third-order valence-corrected chi connectivity index (χ3v) is 2.47. The van der Waals surface area contributed by atoms with Gasteiger partial charge >= 0.3 is 0 Å². The summed E-state index contributed by atoms with van der Waals surface area (Å²) in [6, 6.07) is 13.1. The highest BCUT2D eigenvalue weighted by Crippen LogP contribution is 2.18. The Bertz CT molecular complexity index is 535. The standard InChI is InChI=1S/C15H13NO/c1-15(17,14-8-11-16-12-9-14)10-7-13-5-3-2-4-6-13/h2-6,8-9,11-12,17H,1H3. The van der Waals surface area contributed by atoms with E-state index in [9.17, 15) is 5.11 Å². The van der Waals surface area contributed by atoms with Gasteiger partial charge in [-0.05, 0) is 36.8 Å². The minimum atomic E-state index is -1.15. The fourth-order valence-corrected chi connectivity index (χ4v) is 1.46. The second kappa shape index (κ2) is 4.82. The zero-order valence-electron chi connectivity index (χ0n) is 9.59. The van der Waals surface area contributed by atoms with Crippen LogP contribution in [0.2, 0.25) is 0 Å². The molecule has 0 saturated carbocycles. The highest BCUT2D eigenvalue weighted by atomic mass is 16.3. The lowest BCUT2D eigenvalue weighted by molar-refractivity contribution is 0.122. The van der Waals surface area contributed by atoms with E-state index in [1.54, 1.807) is 31.5 Å². The van der Waals surface area contributed by atoms with Crippen molar-refractivity contribution in [3.63, 3.8) is 0 Å². The number of nitrogens with zero attached hydrogens (tertiary/aromatic N) is 1. The SMILES string of the molecule is CC(O)(C#Cc1ccccc1)c1ccncc1. The predicted molar refractivity (Wildman–Crippen MR) is 67.1 cm³/mol. The lowest BCUT2D eigenvalue weighted by Crippen LogP contribution is -2.18. The predicted octanol–water partition coefficient (Wildman–Crippen LogP) is 2.34. The molecule has 0 aliphatic rings. The summed E-state index contributed by atoms with van der Waals surface area (Å²) in [5, 5.41) is 10.2. The van der Waals surface area contributed by atoms with Crippen molar-refractivity contribution in [3.05, 3.63) is 66.0 Å². The Morgan fingerprint density at radius 1 is 1.06 bits per heavy atom. The van der Waals surface area contributed by atoms with Crippen molar-refractivity contribution in [2.45, 2.75) is 12.5 Å². The minimum Gasteiger partial charge on any atom is -0.374 e. The topological polar surface area (TPSA) is 33.1 Å². The summed E-state index contributed by atoms with van der Waals surface area (Å²) in [5.41, 5.74) is 0.483. The van der Waals surface area contributed by atoms with Gasteiger partial charge in [0.1, 0.15) is 5.60 Å². The molecule has 1 heterocycles. The molecule has 0 aliphatic heterocycles. The van der Waals surface area contributed by atoms with Gasteiger partial charge in [0.15, 0.2) is 0 Å². The molecule has 0 amide bonds. The van der Waals surface area contributed by atoms with Gasteiger partial charge in [0.05, 0.1) is 0 Å². The molecular weight excluding hydrogens is 210 g/mol. The van der Waals surface area contributed by atoms with E-state index in [0.717, 1.165) is 11.1 Å². The molecule has 0 radical (unpaired) electrons. The quantitative estimate of drug-likeness (QED) is 0.753. The maximum Gasteiger partial charge on any atom is 0.148 e. The van der Waals surface area contributed by atoms with E-state index in [2.05, 4.69) is 16.8 Å². The largest absolute Gasteiger partial charge is 0.374 e. The maximum atomic E-state index is 10.2. The van der Waals surface area contributed by atoms with Crippen molar-refractivity contribution >= 4 is 0 Å². The van der Waals surface area contributed by atoms with Crippen molar-refractivity contribution in [2.75, 3.05) is 0 Å². The summed E-state index contributed by atoms with van der Waals surface area (Å²) >= 11 is 0. The van der Waals surface area contributed by atoms with Gasteiger partial charge in [-0.25, -0.2) is 0 Å². The van der Waals surface area contributed by atoms with Crippen LogP contribution in [-0.2, 0) is 5.60 Å². The van der Waals surface area contributed by atoms with Gasteiger partial charge < -0.3 is 5.11 Å². The first-order valence-corrected chi connectivity index (χ1v) is 5.39.